The quantitative estimate of drug-likeness (QED) is 0.270. The molecule has 10 nitrogen and oxygen atoms in total. The molecule has 0 saturated carbocycles. The van der Waals surface area contributed by atoms with Crippen LogP contribution in [0.1, 0.15) is 11.3 Å². The summed E-state index contributed by atoms with van der Waals surface area (Å²) in [6.07, 6.45) is 1.56. The van der Waals surface area contributed by atoms with Gasteiger partial charge in [0.2, 0.25) is 12.7 Å². The number of amides is 1. The van der Waals surface area contributed by atoms with Crippen LogP contribution in [0.4, 0.5) is 5.69 Å². The van der Waals surface area contributed by atoms with Crippen LogP contribution in [-0.4, -0.2) is 54.3 Å². The van der Waals surface area contributed by atoms with E-state index in [1.54, 1.807) is 23.0 Å². The van der Waals surface area contributed by atoms with Crippen LogP contribution in [0, 0.1) is 0 Å². The first-order valence-electron chi connectivity index (χ1n) is 12.3. The molecule has 38 heavy (non-hydrogen) atoms. The van der Waals surface area contributed by atoms with Gasteiger partial charge in [-0.2, -0.15) is 0 Å². The maximum absolute atomic E-state index is 13.8. The normalized spacial score (nSPS) is 14.7. The third kappa shape index (κ3) is 5.20. The molecule has 1 amide bonds. The van der Waals surface area contributed by atoms with Gasteiger partial charge in [0.1, 0.15) is 5.76 Å². The lowest BCUT2D eigenvalue weighted by Crippen LogP contribution is -2.36. The van der Waals surface area contributed by atoms with Crippen LogP contribution in [0.2, 0.25) is 0 Å². The van der Waals surface area contributed by atoms with Crippen LogP contribution in [0.15, 0.2) is 69.2 Å². The van der Waals surface area contributed by atoms with Gasteiger partial charge in [-0.05, 0) is 48.0 Å². The molecule has 0 aliphatic carbocycles. The molecule has 4 aromatic rings. The molecule has 1 saturated heterocycles. The molecular weight excluding hydrogens is 508 g/mol. The van der Waals surface area contributed by atoms with Gasteiger partial charge in [-0.3, -0.25) is 14.2 Å². The number of nitrogens with one attached hydrogen (secondary N) is 1. The molecule has 0 radical (unpaired) electrons. The Bertz CT molecular complexity index is 1510. The number of rotatable bonds is 8. The number of benzene rings is 2. The summed E-state index contributed by atoms with van der Waals surface area (Å²) in [7, 11) is 0. The molecule has 0 unspecified atom stereocenters. The summed E-state index contributed by atoms with van der Waals surface area (Å²) < 4.78 is 23.3. The minimum absolute atomic E-state index is 0.103. The second kappa shape index (κ2) is 10.8. The van der Waals surface area contributed by atoms with Gasteiger partial charge in [0.25, 0.3) is 5.56 Å². The van der Waals surface area contributed by atoms with E-state index in [2.05, 4.69) is 10.2 Å². The van der Waals surface area contributed by atoms with Crippen molar-refractivity contribution in [1.29, 1.82) is 0 Å². The van der Waals surface area contributed by atoms with Crippen molar-refractivity contribution >= 4 is 34.3 Å². The van der Waals surface area contributed by atoms with E-state index in [-0.39, 0.29) is 30.6 Å². The monoisotopic (exact) mass is 534 g/mol. The van der Waals surface area contributed by atoms with Crippen molar-refractivity contribution in [2.45, 2.75) is 18.2 Å². The number of ether oxygens (including phenoxy) is 3. The lowest BCUT2D eigenvalue weighted by Gasteiger charge is -2.29. The predicted octanol–water partition coefficient (Wildman–Crippen LogP) is 3.01. The van der Waals surface area contributed by atoms with Crippen LogP contribution < -0.4 is 25.2 Å². The third-order valence-corrected chi connectivity index (χ3v) is 7.41. The molecule has 0 atom stereocenters. The Kier molecular flexibility index (Phi) is 6.93. The minimum Gasteiger partial charge on any atom is -0.467 e. The molecule has 2 aromatic heterocycles. The molecule has 11 heteroatoms. The Morgan fingerprint density at radius 3 is 2.76 bits per heavy atom. The van der Waals surface area contributed by atoms with E-state index in [0.717, 1.165) is 24.3 Å². The zero-order valence-corrected chi connectivity index (χ0v) is 21.4. The summed E-state index contributed by atoms with van der Waals surface area (Å²) in [5.74, 6) is 1.91. The second-order valence-corrected chi connectivity index (χ2v) is 9.86. The second-order valence-electron chi connectivity index (χ2n) is 8.92. The van der Waals surface area contributed by atoms with Gasteiger partial charge in [-0.25, -0.2) is 4.98 Å². The van der Waals surface area contributed by atoms with Gasteiger partial charge in [0, 0.05) is 18.8 Å². The molecular formula is C27H26N4O6S. The summed E-state index contributed by atoms with van der Waals surface area (Å²) in [5, 5.41) is 3.83. The van der Waals surface area contributed by atoms with Crippen molar-refractivity contribution in [1.82, 2.24) is 14.9 Å². The first-order chi connectivity index (χ1) is 18.6. The van der Waals surface area contributed by atoms with Crippen LogP contribution in [-0.2, 0) is 22.6 Å². The topological polar surface area (TPSA) is 108 Å². The average Bonchev–Trinajstić information content (AvgIpc) is 3.65. The summed E-state index contributed by atoms with van der Waals surface area (Å²) in [5.41, 5.74) is 2.26. The van der Waals surface area contributed by atoms with E-state index in [4.69, 9.17) is 23.6 Å². The van der Waals surface area contributed by atoms with Crippen LogP contribution >= 0.6 is 11.8 Å². The number of aromatic nitrogens is 2. The van der Waals surface area contributed by atoms with Crippen LogP contribution in [0.25, 0.3) is 10.9 Å². The zero-order chi connectivity index (χ0) is 25.9. The number of fused-ring (bicyclic) bond motifs is 2. The predicted molar refractivity (Wildman–Crippen MR) is 142 cm³/mol. The number of hydrogen-bond acceptors (Lipinski definition) is 9. The number of nitrogens with zero attached hydrogens (tertiary/aromatic N) is 3. The van der Waals surface area contributed by atoms with Crippen molar-refractivity contribution in [3.05, 3.63) is 76.5 Å². The van der Waals surface area contributed by atoms with Crippen LogP contribution in [0.3, 0.4) is 0 Å². The SMILES string of the molecule is O=C(CSc1nc2ccc(N3CCOCC3)cc2c(=O)n1Cc1ccc2c(c1)OCO2)NCc1ccco1. The van der Waals surface area contributed by atoms with Crippen molar-refractivity contribution < 1.29 is 23.4 Å². The van der Waals surface area contributed by atoms with Gasteiger partial charge < -0.3 is 28.8 Å². The fourth-order valence-electron chi connectivity index (χ4n) is 4.46. The minimum atomic E-state index is -0.182. The Morgan fingerprint density at radius 1 is 1.05 bits per heavy atom. The summed E-state index contributed by atoms with van der Waals surface area (Å²) in [4.78, 5) is 33.4. The van der Waals surface area contributed by atoms with Gasteiger partial charge in [-0.15, -0.1) is 0 Å². The number of thioether (sulfide) groups is 1. The molecule has 0 spiro atoms. The van der Waals surface area contributed by atoms with E-state index < -0.39 is 0 Å². The molecule has 0 bridgehead atoms. The first-order valence-corrected chi connectivity index (χ1v) is 13.3. The Morgan fingerprint density at radius 2 is 1.92 bits per heavy atom. The molecule has 1 fully saturated rings. The fraction of sp³-hybridized carbons (Fsp3) is 0.296. The highest BCUT2D eigenvalue weighted by Crippen LogP contribution is 2.33. The Balaban J connectivity index is 1.30. The molecule has 196 valence electrons. The Hall–Kier alpha value is -3.96. The van der Waals surface area contributed by atoms with Crippen molar-refractivity contribution in [2.24, 2.45) is 0 Å². The average molecular weight is 535 g/mol. The number of furan rings is 1. The summed E-state index contributed by atoms with van der Waals surface area (Å²) in [6, 6.07) is 14.9. The highest BCUT2D eigenvalue weighted by atomic mass is 32.2. The highest BCUT2D eigenvalue weighted by Gasteiger charge is 2.19. The zero-order valence-electron chi connectivity index (χ0n) is 20.6. The molecule has 2 aromatic carbocycles. The molecule has 6 rings (SSSR count). The number of carbonyl (C=O) groups excluding carboxylic acids is 1. The van der Waals surface area contributed by atoms with Gasteiger partial charge in [-0.1, -0.05) is 17.8 Å². The molecule has 2 aliphatic heterocycles. The fourth-order valence-corrected chi connectivity index (χ4v) is 5.29. The molecule has 4 heterocycles. The lowest BCUT2D eigenvalue weighted by molar-refractivity contribution is -0.118. The summed E-state index contributed by atoms with van der Waals surface area (Å²) in [6.45, 7) is 3.60. The van der Waals surface area contributed by atoms with Crippen molar-refractivity contribution in [2.75, 3.05) is 43.7 Å². The maximum atomic E-state index is 13.8. The van der Waals surface area contributed by atoms with Crippen molar-refractivity contribution in [3.63, 3.8) is 0 Å². The number of anilines is 1. The van der Waals surface area contributed by atoms with Crippen molar-refractivity contribution in [3.8, 4) is 11.5 Å². The van der Waals surface area contributed by atoms with Gasteiger partial charge in [0.15, 0.2) is 16.7 Å². The standard InChI is InChI=1S/C27H26N4O6S/c32-25(28-14-20-2-1-9-35-20)16-38-27-29-22-5-4-19(30-7-10-34-11-8-30)13-21(22)26(33)31(27)15-18-3-6-23-24(12-18)37-17-36-23/h1-6,9,12-13H,7-8,10-11,14-17H2,(H,28,32). The van der Waals surface area contributed by atoms with E-state index in [1.807, 2.05) is 36.4 Å². The lowest BCUT2D eigenvalue weighted by atomic mass is 10.1. The first kappa shape index (κ1) is 24.4. The van der Waals surface area contributed by atoms with E-state index >= 15 is 0 Å². The highest BCUT2D eigenvalue weighted by molar-refractivity contribution is 7.99. The van der Waals surface area contributed by atoms with Gasteiger partial charge >= 0.3 is 0 Å². The van der Waals surface area contributed by atoms with E-state index in [0.29, 0.717) is 53.1 Å². The maximum Gasteiger partial charge on any atom is 0.262 e. The number of hydrogen-bond donors (Lipinski definition) is 1. The van der Waals surface area contributed by atoms with E-state index in [9.17, 15) is 9.59 Å². The van der Waals surface area contributed by atoms with Crippen LogP contribution in [0.5, 0.6) is 11.5 Å². The molecule has 2 aliphatic rings. The summed E-state index contributed by atoms with van der Waals surface area (Å²) >= 11 is 1.22. The third-order valence-electron chi connectivity index (χ3n) is 6.43. The largest absolute Gasteiger partial charge is 0.467 e. The number of carbonyl (C=O) groups is 1. The molecule has 1 N–H and O–H groups in total. The Labute approximate surface area is 222 Å². The smallest absolute Gasteiger partial charge is 0.262 e. The van der Waals surface area contributed by atoms with E-state index in [1.165, 1.54) is 11.8 Å². The van der Waals surface area contributed by atoms with Gasteiger partial charge in [0.05, 0.1) is 49.2 Å². The number of morpholine rings is 1.